The van der Waals surface area contributed by atoms with E-state index < -0.39 is 23.6 Å². The van der Waals surface area contributed by atoms with Crippen LogP contribution in [0.3, 0.4) is 0 Å². The van der Waals surface area contributed by atoms with Gasteiger partial charge in [-0.15, -0.1) is 0 Å². The number of amides is 1. The number of fused-ring (bicyclic) bond motifs is 1. The molecule has 5 aromatic rings. The van der Waals surface area contributed by atoms with E-state index in [9.17, 15) is 22.8 Å². The summed E-state index contributed by atoms with van der Waals surface area (Å²) < 4.78 is 45.9. The van der Waals surface area contributed by atoms with Crippen LogP contribution in [-0.4, -0.2) is 23.1 Å². The number of benzene rings is 4. The molecule has 0 saturated carbocycles. The molecule has 0 spiro atoms. The molecular weight excluding hydrogens is 727 g/mol. The number of aromatic nitrogens is 1. The smallest absolute Gasteiger partial charge is 0.416 e. The number of hydrazone groups is 1. The third-order valence-corrected chi connectivity index (χ3v) is 8.02. The Morgan fingerprint density at radius 3 is 2.48 bits per heavy atom. The Morgan fingerprint density at radius 2 is 1.75 bits per heavy atom. The summed E-state index contributed by atoms with van der Waals surface area (Å²) in [6.07, 6.45) is -3.37. The van der Waals surface area contributed by atoms with Gasteiger partial charge in [0.15, 0.2) is 5.75 Å². The van der Waals surface area contributed by atoms with E-state index in [1.807, 2.05) is 38.1 Å². The summed E-state index contributed by atoms with van der Waals surface area (Å²) in [7, 11) is 0. The number of hydrogen-bond acceptors (Lipinski definition) is 4. The second-order valence-electron chi connectivity index (χ2n) is 9.83. The number of H-pyrrole nitrogens is 1. The average Bonchev–Trinajstić information content (AvgIpc) is 3.34. The van der Waals surface area contributed by atoms with Crippen molar-refractivity contribution >= 4 is 72.5 Å². The zero-order valence-corrected chi connectivity index (χ0v) is 26.9. The minimum absolute atomic E-state index is 0.0120. The summed E-state index contributed by atoms with van der Waals surface area (Å²) in [5, 5.41) is 5.39. The van der Waals surface area contributed by atoms with Crippen LogP contribution in [0.2, 0.25) is 5.02 Å². The van der Waals surface area contributed by atoms with Crippen LogP contribution < -0.4 is 10.2 Å². The summed E-state index contributed by atoms with van der Waals surface area (Å²) in [6.45, 7) is 3.91. The highest BCUT2D eigenvalue weighted by Gasteiger charge is 2.31. The Morgan fingerprint density at radius 1 is 1.00 bits per heavy atom. The first kappa shape index (κ1) is 31.5. The number of rotatable bonds is 6. The SMILES string of the molecule is Cc1cc(C)c2[nH]c(C(=O)NN=Cc3cc(Br)cc(Br)c3OC(=O)c3cccc(C(F)(F)F)c3)c(-c3ccccc3Cl)c2c1. The molecule has 2 N–H and O–H groups in total. The molecule has 0 aliphatic heterocycles. The molecule has 0 aliphatic rings. The predicted octanol–water partition coefficient (Wildman–Crippen LogP) is 9.63. The number of carbonyl (C=O) groups excluding carboxylic acids is 2. The van der Waals surface area contributed by atoms with E-state index in [1.165, 1.54) is 12.3 Å². The second-order valence-corrected chi connectivity index (χ2v) is 12.0. The lowest BCUT2D eigenvalue weighted by atomic mass is 9.99. The van der Waals surface area contributed by atoms with Gasteiger partial charge in [-0.2, -0.15) is 18.3 Å². The van der Waals surface area contributed by atoms with Crippen LogP contribution in [-0.2, 0) is 6.18 Å². The van der Waals surface area contributed by atoms with Crippen LogP contribution in [0.4, 0.5) is 13.2 Å². The monoisotopic (exact) mass is 745 g/mol. The van der Waals surface area contributed by atoms with Gasteiger partial charge in [0, 0.05) is 37.1 Å². The normalized spacial score (nSPS) is 11.7. The third-order valence-electron chi connectivity index (χ3n) is 6.65. The number of carbonyl (C=O) groups is 2. The Hall–Kier alpha value is -3.93. The summed E-state index contributed by atoms with van der Waals surface area (Å²) >= 11 is 13.2. The molecule has 1 aromatic heterocycles. The van der Waals surface area contributed by atoms with Gasteiger partial charge in [0.1, 0.15) is 5.69 Å². The number of hydrogen-bond donors (Lipinski definition) is 2. The van der Waals surface area contributed by atoms with Crippen molar-refractivity contribution < 1.29 is 27.5 Å². The highest BCUT2D eigenvalue weighted by Crippen LogP contribution is 2.38. The van der Waals surface area contributed by atoms with Crippen LogP contribution in [0, 0.1) is 13.8 Å². The van der Waals surface area contributed by atoms with E-state index in [0.29, 0.717) is 31.2 Å². The fraction of sp³-hybridized carbons (Fsp3) is 0.0938. The van der Waals surface area contributed by atoms with Gasteiger partial charge in [-0.1, -0.05) is 63.4 Å². The van der Waals surface area contributed by atoms with Crippen molar-refractivity contribution in [3.05, 3.63) is 120 Å². The molecule has 0 radical (unpaired) electrons. The zero-order valence-electron chi connectivity index (χ0n) is 22.9. The van der Waals surface area contributed by atoms with Crippen LogP contribution in [0.15, 0.2) is 86.8 Å². The van der Waals surface area contributed by atoms with Gasteiger partial charge in [0.25, 0.3) is 5.91 Å². The number of aromatic amines is 1. The van der Waals surface area contributed by atoms with E-state index in [-0.39, 0.29) is 22.6 Å². The third kappa shape index (κ3) is 6.59. The fourth-order valence-corrected chi connectivity index (χ4v) is 6.31. The molecule has 0 saturated heterocycles. The summed E-state index contributed by atoms with van der Waals surface area (Å²) in [6, 6.07) is 18.3. The minimum Gasteiger partial charge on any atom is -0.421 e. The number of ether oxygens (including phenoxy) is 1. The van der Waals surface area contributed by atoms with Gasteiger partial charge in [0.2, 0.25) is 0 Å². The predicted molar refractivity (Wildman–Crippen MR) is 172 cm³/mol. The van der Waals surface area contributed by atoms with Gasteiger partial charge in [-0.25, -0.2) is 10.2 Å². The molecule has 4 aromatic carbocycles. The van der Waals surface area contributed by atoms with Gasteiger partial charge < -0.3 is 9.72 Å². The number of alkyl halides is 3. The maximum Gasteiger partial charge on any atom is 0.416 e. The molecule has 5 rings (SSSR count). The molecule has 0 bridgehead atoms. The molecule has 12 heteroatoms. The molecule has 44 heavy (non-hydrogen) atoms. The molecule has 0 unspecified atom stereocenters. The first-order valence-corrected chi connectivity index (χ1v) is 14.9. The lowest BCUT2D eigenvalue weighted by Gasteiger charge is -2.12. The number of esters is 1. The maximum atomic E-state index is 13.5. The lowest BCUT2D eigenvalue weighted by molar-refractivity contribution is -0.137. The van der Waals surface area contributed by atoms with E-state index >= 15 is 0 Å². The van der Waals surface area contributed by atoms with Crippen LogP contribution in [0.25, 0.3) is 22.0 Å². The summed E-state index contributed by atoms with van der Waals surface area (Å²) in [5.41, 5.74) is 5.75. The first-order chi connectivity index (χ1) is 20.8. The molecule has 0 aliphatic carbocycles. The highest BCUT2D eigenvalue weighted by atomic mass is 79.9. The molecule has 0 atom stereocenters. The Kier molecular flexibility index (Phi) is 9.01. The van der Waals surface area contributed by atoms with E-state index in [2.05, 4.69) is 47.4 Å². The van der Waals surface area contributed by atoms with E-state index in [4.69, 9.17) is 16.3 Å². The van der Waals surface area contributed by atoms with Gasteiger partial charge in [-0.3, -0.25) is 4.79 Å². The number of nitrogens with one attached hydrogen (secondary N) is 2. The second kappa shape index (κ2) is 12.6. The van der Waals surface area contributed by atoms with Crippen molar-refractivity contribution in [2.75, 3.05) is 0 Å². The maximum absolute atomic E-state index is 13.5. The largest absolute Gasteiger partial charge is 0.421 e. The number of halogens is 6. The van der Waals surface area contributed by atoms with Gasteiger partial charge >= 0.3 is 12.1 Å². The zero-order chi connectivity index (χ0) is 31.8. The number of nitrogens with zero attached hydrogens (tertiary/aromatic N) is 1. The molecule has 0 fully saturated rings. The van der Waals surface area contributed by atoms with Crippen LogP contribution >= 0.6 is 43.5 Å². The topological polar surface area (TPSA) is 83.6 Å². The standard InChI is InChI=1S/C32H21Br2ClF3N3O3/c1-16-10-17(2)27-23(11-16)26(22-8-3-4-9-25(22)35)28(40-27)30(42)41-39-15-19-13-21(33)14-24(34)29(19)44-31(43)18-6-5-7-20(12-18)32(36,37)38/h3-15,40H,1-2H3,(H,41,42). The lowest BCUT2D eigenvalue weighted by Crippen LogP contribution is -2.19. The van der Waals surface area contributed by atoms with Crippen molar-refractivity contribution in [3.8, 4) is 16.9 Å². The number of aryl methyl sites for hydroxylation is 2. The van der Waals surface area contributed by atoms with Crippen LogP contribution in [0.1, 0.15) is 43.1 Å². The van der Waals surface area contributed by atoms with Crippen molar-refractivity contribution in [1.29, 1.82) is 0 Å². The molecule has 6 nitrogen and oxygen atoms in total. The molecule has 1 amide bonds. The van der Waals surface area contributed by atoms with Crippen molar-refractivity contribution in [2.45, 2.75) is 20.0 Å². The summed E-state index contributed by atoms with van der Waals surface area (Å²) in [5.74, 6) is -1.57. The Balaban J connectivity index is 1.46. The van der Waals surface area contributed by atoms with E-state index in [0.717, 1.165) is 34.2 Å². The highest BCUT2D eigenvalue weighted by molar-refractivity contribution is 9.11. The quantitative estimate of drug-likeness (QED) is 0.0786. The van der Waals surface area contributed by atoms with E-state index in [1.54, 1.807) is 24.3 Å². The van der Waals surface area contributed by atoms with Crippen molar-refractivity contribution in [2.24, 2.45) is 5.10 Å². The van der Waals surface area contributed by atoms with Gasteiger partial charge in [-0.05, 0) is 77.8 Å². The Labute approximate surface area is 271 Å². The van der Waals surface area contributed by atoms with Crippen molar-refractivity contribution in [1.82, 2.24) is 10.4 Å². The minimum atomic E-state index is -4.63. The van der Waals surface area contributed by atoms with Crippen molar-refractivity contribution in [3.63, 3.8) is 0 Å². The fourth-order valence-electron chi connectivity index (χ4n) is 4.74. The average molecular weight is 748 g/mol. The van der Waals surface area contributed by atoms with Gasteiger partial charge in [0.05, 0.1) is 21.8 Å². The Bertz CT molecular complexity index is 1970. The molecule has 1 heterocycles. The molecule has 224 valence electrons. The molecular formula is C32H21Br2ClF3N3O3. The first-order valence-electron chi connectivity index (χ1n) is 12.9. The summed E-state index contributed by atoms with van der Waals surface area (Å²) in [4.78, 5) is 29.6. The van der Waals surface area contributed by atoms with Crippen LogP contribution in [0.5, 0.6) is 5.75 Å².